The van der Waals surface area contributed by atoms with Crippen molar-refractivity contribution < 1.29 is 4.79 Å². The fourth-order valence-electron chi connectivity index (χ4n) is 3.01. The molecule has 0 amide bonds. The summed E-state index contributed by atoms with van der Waals surface area (Å²) < 4.78 is 3.26. The van der Waals surface area contributed by atoms with E-state index >= 15 is 0 Å². The number of hydrogen-bond donors (Lipinski definition) is 2. The Hall–Kier alpha value is -1.10. The highest BCUT2D eigenvalue weighted by atomic mass is 32.2. The minimum absolute atomic E-state index is 0.0486. The summed E-state index contributed by atoms with van der Waals surface area (Å²) in [6, 6.07) is 9.39. The molecule has 1 fully saturated rings. The molecule has 19 heavy (non-hydrogen) atoms. The summed E-state index contributed by atoms with van der Waals surface area (Å²) in [6.07, 6.45) is 4.62. The predicted octanol–water partition coefficient (Wildman–Crippen LogP) is 2.85. The van der Waals surface area contributed by atoms with Crippen molar-refractivity contribution in [2.24, 2.45) is 11.7 Å². The number of benzene rings is 1. The van der Waals surface area contributed by atoms with Gasteiger partial charge >= 0.3 is 0 Å². The van der Waals surface area contributed by atoms with Crippen LogP contribution in [0.25, 0.3) is 0 Å². The van der Waals surface area contributed by atoms with Crippen molar-refractivity contribution in [2.75, 3.05) is 0 Å². The van der Waals surface area contributed by atoms with Crippen LogP contribution >= 0.6 is 11.9 Å². The van der Waals surface area contributed by atoms with E-state index in [1.165, 1.54) is 24.8 Å². The van der Waals surface area contributed by atoms with Crippen LogP contribution in [0, 0.1) is 5.92 Å². The molecule has 0 bridgehead atoms. The molecule has 0 saturated heterocycles. The van der Waals surface area contributed by atoms with Gasteiger partial charge in [0.05, 0.1) is 0 Å². The topological polar surface area (TPSA) is 55.1 Å². The summed E-state index contributed by atoms with van der Waals surface area (Å²) in [5, 5.41) is 1.88. The minimum Gasteiger partial charge on any atom is -0.308 e. The average Bonchev–Trinajstić information content (AvgIpc) is 3.09. The number of rotatable bonds is 3. The lowest BCUT2D eigenvalue weighted by atomic mass is 9.83. The van der Waals surface area contributed by atoms with E-state index in [0.29, 0.717) is 11.5 Å². The first-order valence-corrected chi connectivity index (χ1v) is 7.62. The molecule has 100 valence electrons. The second-order valence-electron chi connectivity index (χ2n) is 5.30. The maximum Gasteiger partial charge on any atom is 0.192 e. The van der Waals surface area contributed by atoms with Crippen molar-refractivity contribution in [1.82, 2.24) is 4.72 Å². The molecule has 1 aromatic carbocycles. The summed E-state index contributed by atoms with van der Waals surface area (Å²) in [4.78, 5) is 12.6. The number of carbonyl (C=O) groups excluding carboxylic acids is 1. The van der Waals surface area contributed by atoms with Crippen molar-refractivity contribution in [2.45, 2.75) is 31.3 Å². The molecule has 3 N–H and O–H groups in total. The normalized spacial score (nSPS) is 27.5. The van der Waals surface area contributed by atoms with E-state index < -0.39 is 5.66 Å². The summed E-state index contributed by atoms with van der Waals surface area (Å²) >= 11 is 1.44. The molecule has 1 aliphatic heterocycles. The van der Waals surface area contributed by atoms with Gasteiger partial charge in [0.25, 0.3) is 0 Å². The SMILES string of the molecule is NC1(C2CCCC2)NSC=C1C(=O)c1ccccc1. The highest BCUT2D eigenvalue weighted by Crippen LogP contribution is 2.40. The Kier molecular flexibility index (Phi) is 3.48. The first-order valence-electron chi connectivity index (χ1n) is 6.74. The molecule has 4 heteroatoms. The Bertz CT molecular complexity index is 508. The van der Waals surface area contributed by atoms with Crippen LogP contribution in [0.2, 0.25) is 0 Å². The fourth-order valence-corrected chi connectivity index (χ4v) is 3.96. The molecule has 1 saturated carbocycles. The molecule has 1 aliphatic carbocycles. The quantitative estimate of drug-likeness (QED) is 0.657. The number of hydrogen-bond acceptors (Lipinski definition) is 4. The Labute approximate surface area is 117 Å². The largest absolute Gasteiger partial charge is 0.308 e. The van der Waals surface area contributed by atoms with Gasteiger partial charge in [-0.3, -0.25) is 4.79 Å². The van der Waals surface area contributed by atoms with Crippen molar-refractivity contribution in [1.29, 1.82) is 0 Å². The van der Waals surface area contributed by atoms with Crippen molar-refractivity contribution in [3.8, 4) is 0 Å². The van der Waals surface area contributed by atoms with Crippen molar-refractivity contribution in [3.63, 3.8) is 0 Å². The van der Waals surface area contributed by atoms with Gasteiger partial charge in [-0.15, -0.1) is 0 Å². The van der Waals surface area contributed by atoms with Crippen LogP contribution in [0.15, 0.2) is 41.3 Å². The van der Waals surface area contributed by atoms with Gasteiger partial charge in [0.15, 0.2) is 5.78 Å². The van der Waals surface area contributed by atoms with Gasteiger partial charge < -0.3 is 5.73 Å². The molecule has 0 spiro atoms. The van der Waals surface area contributed by atoms with Crippen LogP contribution in [0.4, 0.5) is 0 Å². The average molecular weight is 274 g/mol. The van der Waals surface area contributed by atoms with Gasteiger partial charge in [-0.05, 0) is 24.2 Å². The summed E-state index contributed by atoms with van der Waals surface area (Å²) in [5.74, 6) is 0.411. The monoisotopic (exact) mass is 274 g/mol. The van der Waals surface area contributed by atoms with Gasteiger partial charge in [-0.2, -0.15) is 0 Å². The maximum absolute atomic E-state index is 12.6. The maximum atomic E-state index is 12.6. The number of Topliss-reactive ketones (excluding diaryl/α,β-unsaturated/α-hetero) is 1. The standard InChI is InChI=1S/C15H18N2OS/c16-15(12-8-4-5-9-12)13(10-19-17-15)14(18)11-6-2-1-3-7-11/h1-3,6-7,10,12,17H,4-5,8-9,16H2. The first-order chi connectivity index (χ1) is 9.22. The van der Waals surface area contributed by atoms with Crippen LogP contribution in [-0.4, -0.2) is 11.4 Å². The van der Waals surface area contributed by atoms with Crippen molar-refractivity contribution >= 4 is 17.7 Å². The number of ketones is 1. The molecule has 0 radical (unpaired) electrons. The van der Waals surface area contributed by atoms with Gasteiger partial charge in [0.2, 0.25) is 0 Å². The third kappa shape index (κ3) is 2.24. The number of nitrogens with one attached hydrogen (secondary N) is 1. The van der Waals surface area contributed by atoms with E-state index in [0.717, 1.165) is 18.4 Å². The lowest BCUT2D eigenvalue weighted by Gasteiger charge is -2.33. The van der Waals surface area contributed by atoms with Gasteiger partial charge in [0.1, 0.15) is 5.66 Å². The Morgan fingerprint density at radius 1 is 1.26 bits per heavy atom. The Balaban J connectivity index is 1.89. The molecule has 3 rings (SSSR count). The Morgan fingerprint density at radius 3 is 2.63 bits per heavy atom. The van der Waals surface area contributed by atoms with Crippen LogP contribution in [0.1, 0.15) is 36.0 Å². The van der Waals surface area contributed by atoms with E-state index in [1.54, 1.807) is 0 Å². The second kappa shape index (κ2) is 5.12. The van der Waals surface area contributed by atoms with Crippen LogP contribution in [0.3, 0.4) is 0 Å². The van der Waals surface area contributed by atoms with Crippen molar-refractivity contribution in [3.05, 3.63) is 46.9 Å². The van der Waals surface area contributed by atoms with Crippen LogP contribution < -0.4 is 10.5 Å². The molecular weight excluding hydrogens is 256 g/mol. The molecule has 3 nitrogen and oxygen atoms in total. The van der Waals surface area contributed by atoms with Gasteiger partial charge in [-0.1, -0.05) is 55.1 Å². The molecule has 2 aliphatic rings. The smallest absolute Gasteiger partial charge is 0.192 e. The van der Waals surface area contributed by atoms with E-state index in [2.05, 4.69) is 4.72 Å². The number of carbonyl (C=O) groups is 1. The number of nitrogens with two attached hydrogens (primary N) is 1. The molecule has 1 atom stereocenters. The van der Waals surface area contributed by atoms with E-state index in [4.69, 9.17) is 5.73 Å². The lowest BCUT2D eigenvalue weighted by molar-refractivity contribution is 0.100. The summed E-state index contributed by atoms with van der Waals surface area (Å²) in [6.45, 7) is 0. The highest BCUT2D eigenvalue weighted by molar-refractivity contribution is 8.00. The first kappa shape index (κ1) is 12.9. The Morgan fingerprint density at radius 2 is 1.95 bits per heavy atom. The van der Waals surface area contributed by atoms with Gasteiger partial charge in [-0.25, -0.2) is 4.72 Å². The van der Waals surface area contributed by atoms with Gasteiger partial charge in [0, 0.05) is 11.1 Å². The zero-order valence-electron chi connectivity index (χ0n) is 10.8. The second-order valence-corrected chi connectivity index (χ2v) is 5.97. The summed E-state index contributed by atoms with van der Waals surface area (Å²) in [7, 11) is 0. The molecule has 1 aromatic rings. The molecular formula is C15H18N2OS. The highest BCUT2D eigenvalue weighted by Gasteiger charge is 2.45. The third-order valence-electron chi connectivity index (χ3n) is 4.13. The fraction of sp³-hybridized carbons (Fsp3) is 0.400. The van der Waals surface area contributed by atoms with E-state index in [-0.39, 0.29) is 5.78 Å². The van der Waals surface area contributed by atoms with E-state index in [1.807, 2.05) is 35.7 Å². The minimum atomic E-state index is -0.659. The zero-order valence-corrected chi connectivity index (χ0v) is 11.6. The lowest BCUT2D eigenvalue weighted by Crippen LogP contribution is -2.56. The molecule has 1 heterocycles. The van der Waals surface area contributed by atoms with Crippen LogP contribution in [-0.2, 0) is 0 Å². The summed E-state index contributed by atoms with van der Waals surface area (Å²) in [5.41, 5.74) is 7.30. The molecule has 1 unspecified atom stereocenters. The van der Waals surface area contributed by atoms with E-state index in [9.17, 15) is 4.79 Å². The third-order valence-corrected chi connectivity index (χ3v) is 4.94. The zero-order chi connectivity index (χ0) is 13.3. The van der Waals surface area contributed by atoms with Crippen LogP contribution in [0.5, 0.6) is 0 Å². The predicted molar refractivity (Wildman–Crippen MR) is 78.5 cm³/mol. The molecule has 0 aromatic heterocycles.